The topological polar surface area (TPSA) is 34.4 Å². The van der Waals surface area contributed by atoms with Crippen LogP contribution in [0.15, 0.2) is 16.7 Å². The maximum absolute atomic E-state index is 5.69. The summed E-state index contributed by atoms with van der Waals surface area (Å²) in [5.74, 6) is 0.998. The number of nitrogens with one attached hydrogen (secondary N) is 1. The summed E-state index contributed by atoms with van der Waals surface area (Å²) in [4.78, 5) is 0. The van der Waals surface area contributed by atoms with Gasteiger partial charge in [-0.1, -0.05) is 6.92 Å². The molecule has 0 spiro atoms. The number of furan rings is 1. The highest BCUT2D eigenvalue weighted by molar-refractivity contribution is 5.16. The zero-order valence-corrected chi connectivity index (χ0v) is 12.3. The standard InChI is InChI=1S/C16H27NO2/c1-3-9-17-16(14-11-13(2)19-12-14)8-4-6-15-7-5-10-18-15/h11-12,15-17H,3-10H2,1-2H3. The van der Waals surface area contributed by atoms with E-state index in [9.17, 15) is 0 Å². The van der Waals surface area contributed by atoms with E-state index >= 15 is 0 Å². The molecule has 2 atom stereocenters. The fourth-order valence-electron chi connectivity index (χ4n) is 2.77. The van der Waals surface area contributed by atoms with Crippen molar-refractivity contribution < 1.29 is 9.15 Å². The van der Waals surface area contributed by atoms with Crippen molar-refractivity contribution in [1.29, 1.82) is 0 Å². The Morgan fingerprint density at radius 1 is 1.47 bits per heavy atom. The van der Waals surface area contributed by atoms with E-state index in [1.165, 1.54) is 44.1 Å². The van der Waals surface area contributed by atoms with E-state index < -0.39 is 0 Å². The predicted octanol–water partition coefficient (Wildman–Crippen LogP) is 3.98. The lowest BCUT2D eigenvalue weighted by Crippen LogP contribution is -2.22. The summed E-state index contributed by atoms with van der Waals surface area (Å²) in [6.45, 7) is 6.24. The minimum absolute atomic E-state index is 0.429. The molecule has 1 saturated heterocycles. The Kier molecular flexibility index (Phi) is 5.93. The molecule has 1 fully saturated rings. The van der Waals surface area contributed by atoms with E-state index in [-0.39, 0.29) is 0 Å². The molecular formula is C16H27NO2. The molecule has 0 aromatic carbocycles. The molecule has 0 radical (unpaired) electrons. The van der Waals surface area contributed by atoms with Crippen LogP contribution in [0, 0.1) is 6.92 Å². The summed E-state index contributed by atoms with van der Waals surface area (Å²) in [7, 11) is 0. The van der Waals surface area contributed by atoms with Gasteiger partial charge in [0.2, 0.25) is 0 Å². The Bertz CT molecular complexity index is 355. The summed E-state index contributed by atoms with van der Waals surface area (Å²) >= 11 is 0. The molecule has 0 bridgehead atoms. The van der Waals surface area contributed by atoms with E-state index in [1.807, 2.05) is 13.2 Å². The lowest BCUT2D eigenvalue weighted by atomic mass is 10.0. The first-order valence-corrected chi connectivity index (χ1v) is 7.69. The lowest BCUT2D eigenvalue weighted by Gasteiger charge is -2.18. The van der Waals surface area contributed by atoms with Gasteiger partial charge < -0.3 is 14.5 Å². The maximum Gasteiger partial charge on any atom is 0.101 e. The van der Waals surface area contributed by atoms with Crippen LogP contribution < -0.4 is 5.32 Å². The predicted molar refractivity (Wildman–Crippen MR) is 77.3 cm³/mol. The van der Waals surface area contributed by atoms with Crippen LogP contribution in [0.25, 0.3) is 0 Å². The molecule has 2 rings (SSSR count). The molecule has 0 amide bonds. The zero-order chi connectivity index (χ0) is 13.5. The number of ether oxygens (including phenoxy) is 1. The molecule has 19 heavy (non-hydrogen) atoms. The van der Waals surface area contributed by atoms with Gasteiger partial charge in [-0.15, -0.1) is 0 Å². The number of aryl methyl sites for hydroxylation is 1. The minimum atomic E-state index is 0.429. The Hall–Kier alpha value is -0.800. The van der Waals surface area contributed by atoms with Crippen molar-refractivity contribution >= 4 is 0 Å². The van der Waals surface area contributed by atoms with Gasteiger partial charge >= 0.3 is 0 Å². The van der Waals surface area contributed by atoms with Gasteiger partial charge in [0, 0.05) is 18.2 Å². The Morgan fingerprint density at radius 2 is 2.37 bits per heavy atom. The first-order chi connectivity index (χ1) is 9.29. The Labute approximate surface area is 116 Å². The van der Waals surface area contributed by atoms with Crippen LogP contribution in [0.4, 0.5) is 0 Å². The normalized spacial score (nSPS) is 20.8. The summed E-state index contributed by atoms with van der Waals surface area (Å²) in [5, 5.41) is 3.62. The van der Waals surface area contributed by atoms with Crippen molar-refractivity contribution in [3.63, 3.8) is 0 Å². The quantitative estimate of drug-likeness (QED) is 0.772. The second-order valence-corrected chi connectivity index (χ2v) is 5.56. The van der Waals surface area contributed by atoms with Crippen LogP contribution in [0.3, 0.4) is 0 Å². The molecule has 3 heteroatoms. The third-order valence-electron chi connectivity index (χ3n) is 3.84. The lowest BCUT2D eigenvalue weighted by molar-refractivity contribution is 0.101. The molecule has 1 aliphatic rings. The van der Waals surface area contributed by atoms with Gasteiger partial charge in [0.15, 0.2) is 0 Å². The molecule has 1 aliphatic heterocycles. The third kappa shape index (κ3) is 4.66. The van der Waals surface area contributed by atoms with Crippen LogP contribution in [-0.4, -0.2) is 19.3 Å². The average Bonchev–Trinajstić information content (AvgIpc) is 3.05. The average molecular weight is 265 g/mol. The van der Waals surface area contributed by atoms with E-state index in [2.05, 4.69) is 18.3 Å². The monoisotopic (exact) mass is 265 g/mol. The first kappa shape index (κ1) is 14.6. The molecule has 2 heterocycles. The highest BCUT2D eigenvalue weighted by atomic mass is 16.5. The Balaban J connectivity index is 1.79. The van der Waals surface area contributed by atoms with Crippen molar-refractivity contribution in [2.45, 2.75) is 64.5 Å². The molecule has 108 valence electrons. The van der Waals surface area contributed by atoms with E-state index in [0.29, 0.717) is 12.1 Å². The maximum atomic E-state index is 5.69. The molecule has 1 N–H and O–H groups in total. The number of hydrogen-bond donors (Lipinski definition) is 1. The van der Waals surface area contributed by atoms with Crippen molar-refractivity contribution in [3.8, 4) is 0 Å². The van der Waals surface area contributed by atoms with Gasteiger partial charge in [-0.05, 0) is 58.1 Å². The van der Waals surface area contributed by atoms with E-state index in [0.717, 1.165) is 18.9 Å². The van der Waals surface area contributed by atoms with Gasteiger partial charge in [0.25, 0.3) is 0 Å². The molecule has 2 unspecified atom stereocenters. The second kappa shape index (κ2) is 7.71. The summed E-state index contributed by atoms with van der Waals surface area (Å²) < 4.78 is 11.1. The van der Waals surface area contributed by atoms with Gasteiger partial charge in [-0.25, -0.2) is 0 Å². The smallest absolute Gasteiger partial charge is 0.101 e. The van der Waals surface area contributed by atoms with Gasteiger partial charge in [-0.2, -0.15) is 0 Å². The highest BCUT2D eigenvalue weighted by Crippen LogP contribution is 2.24. The Morgan fingerprint density at radius 3 is 3.00 bits per heavy atom. The van der Waals surface area contributed by atoms with E-state index in [4.69, 9.17) is 9.15 Å². The van der Waals surface area contributed by atoms with Crippen molar-refractivity contribution in [1.82, 2.24) is 5.32 Å². The van der Waals surface area contributed by atoms with Crippen LogP contribution in [0.2, 0.25) is 0 Å². The highest BCUT2D eigenvalue weighted by Gasteiger charge is 2.17. The minimum Gasteiger partial charge on any atom is -0.469 e. The molecule has 1 aromatic rings. The van der Waals surface area contributed by atoms with E-state index in [1.54, 1.807) is 0 Å². The third-order valence-corrected chi connectivity index (χ3v) is 3.84. The largest absolute Gasteiger partial charge is 0.469 e. The van der Waals surface area contributed by atoms with Gasteiger partial charge in [0.1, 0.15) is 5.76 Å². The number of hydrogen-bond acceptors (Lipinski definition) is 3. The summed E-state index contributed by atoms with van der Waals surface area (Å²) in [6, 6.07) is 2.58. The van der Waals surface area contributed by atoms with Crippen LogP contribution >= 0.6 is 0 Å². The fourth-order valence-corrected chi connectivity index (χ4v) is 2.77. The molecular weight excluding hydrogens is 238 g/mol. The SMILES string of the molecule is CCCNC(CCCC1CCCO1)c1coc(C)c1. The molecule has 0 aliphatic carbocycles. The first-order valence-electron chi connectivity index (χ1n) is 7.69. The summed E-state index contributed by atoms with van der Waals surface area (Å²) in [5.41, 5.74) is 1.29. The van der Waals surface area contributed by atoms with Crippen molar-refractivity contribution in [3.05, 3.63) is 23.7 Å². The van der Waals surface area contributed by atoms with Crippen molar-refractivity contribution in [2.24, 2.45) is 0 Å². The number of rotatable bonds is 8. The molecule has 3 nitrogen and oxygen atoms in total. The molecule has 1 aromatic heterocycles. The fraction of sp³-hybridized carbons (Fsp3) is 0.750. The van der Waals surface area contributed by atoms with Crippen molar-refractivity contribution in [2.75, 3.05) is 13.2 Å². The van der Waals surface area contributed by atoms with Crippen LogP contribution in [-0.2, 0) is 4.74 Å². The zero-order valence-electron chi connectivity index (χ0n) is 12.3. The van der Waals surface area contributed by atoms with Gasteiger partial charge in [0.05, 0.1) is 12.4 Å². The summed E-state index contributed by atoms with van der Waals surface area (Å²) in [6.07, 6.45) is 9.64. The second-order valence-electron chi connectivity index (χ2n) is 5.56. The van der Waals surface area contributed by atoms with Gasteiger partial charge in [-0.3, -0.25) is 0 Å². The van der Waals surface area contributed by atoms with Crippen LogP contribution in [0.5, 0.6) is 0 Å². The van der Waals surface area contributed by atoms with Crippen LogP contribution in [0.1, 0.15) is 62.8 Å². The molecule has 0 saturated carbocycles.